The van der Waals surface area contributed by atoms with Crippen LogP contribution in [0.3, 0.4) is 0 Å². The lowest BCUT2D eigenvalue weighted by atomic mass is 9.70. The Bertz CT molecular complexity index is 860. The highest BCUT2D eigenvalue weighted by Crippen LogP contribution is 2.53. The fourth-order valence-electron chi connectivity index (χ4n) is 6.76. The number of esters is 1. The SMILES string of the molecule is CCC(O)C1C2CCC3CC=C4OC(=C5OC(=O)C(CO)=C5OC)C(C)C4C(CC2)N31. The van der Waals surface area contributed by atoms with Gasteiger partial charge in [0.2, 0.25) is 5.76 Å². The van der Waals surface area contributed by atoms with Gasteiger partial charge in [-0.2, -0.15) is 0 Å². The number of allylic oxidation sites excluding steroid dienone is 1. The highest BCUT2D eigenvalue weighted by atomic mass is 16.6. The smallest absolute Gasteiger partial charge is 0.345 e. The first-order chi connectivity index (χ1) is 15.0. The molecule has 3 saturated heterocycles. The van der Waals surface area contributed by atoms with E-state index in [1.807, 2.05) is 0 Å². The van der Waals surface area contributed by atoms with Crippen LogP contribution in [0.4, 0.5) is 0 Å². The first-order valence-electron chi connectivity index (χ1n) is 11.7. The van der Waals surface area contributed by atoms with Gasteiger partial charge in [0.15, 0.2) is 11.5 Å². The van der Waals surface area contributed by atoms with E-state index in [0.717, 1.165) is 31.4 Å². The van der Waals surface area contributed by atoms with E-state index < -0.39 is 12.6 Å². The maximum absolute atomic E-state index is 12.2. The molecule has 0 saturated carbocycles. The highest BCUT2D eigenvalue weighted by Gasteiger charge is 2.54. The van der Waals surface area contributed by atoms with Crippen molar-refractivity contribution in [2.45, 2.75) is 76.6 Å². The zero-order valence-corrected chi connectivity index (χ0v) is 18.5. The monoisotopic (exact) mass is 431 g/mol. The van der Waals surface area contributed by atoms with Crippen molar-refractivity contribution in [2.75, 3.05) is 13.7 Å². The molecule has 2 N–H and O–H groups in total. The molecule has 7 heteroatoms. The van der Waals surface area contributed by atoms with E-state index in [2.05, 4.69) is 24.8 Å². The Hall–Kier alpha value is -1.83. The molecule has 0 radical (unpaired) electrons. The van der Waals surface area contributed by atoms with Gasteiger partial charge in [-0.05, 0) is 50.5 Å². The van der Waals surface area contributed by atoms with Crippen LogP contribution in [0.5, 0.6) is 0 Å². The summed E-state index contributed by atoms with van der Waals surface area (Å²) in [5.41, 5.74) is 0.129. The Kier molecular flexibility index (Phi) is 5.39. The predicted octanol–water partition coefficient (Wildman–Crippen LogP) is 2.60. The van der Waals surface area contributed by atoms with Gasteiger partial charge in [0, 0.05) is 30.0 Å². The van der Waals surface area contributed by atoms with Gasteiger partial charge in [0.05, 0.1) is 19.8 Å². The summed E-state index contributed by atoms with van der Waals surface area (Å²) in [5.74, 6) is 2.24. The van der Waals surface area contributed by atoms with Crippen LogP contribution in [0.15, 0.2) is 34.7 Å². The number of aliphatic hydroxyl groups excluding tert-OH is 2. The maximum atomic E-state index is 12.2. The third-order valence-electron chi connectivity index (χ3n) is 8.17. The highest BCUT2D eigenvalue weighted by molar-refractivity contribution is 5.94. The summed E-state index contributed by atoms with van der Waals surface area (Å²) in [4.78, 5) is 14.8. The molecule has 5 aliphatic rings. The number of methoxy groups -OCH3 is 1. The molecule has 2 bridgehead atoms. The topological polar surface area (TPSA) is 88.5 Å². The second-order valence-corrected chi connectivity index (χ2v) is 9.56. The van der Waals surface area contributed by atoms with Crippen molar-refractivity contribution < 1.29 is 29.2 Å². The molecule has 0 aliphatic carbocycles. The number of hydrogen-bond acceptors (Lipinski definition) is 7. The largest absolute Gasteiger partial charge is 0.492 e. The first kappa shape index (κ1) is 21.0. The van der Waals surface area contributed by atoms with Crippen LogP contribution in [0.1, 0.15) is 52.4 Å². The lowest BCUT2D eigenvalue weighted by molar-refractivity contribution is -0.133. The summed E-state index contributed by atoms with van der Waals surface area (Å²) in [6.45, 7) is 3.75. The molecule has 0 aromatic rings. The molecule has 31 heavy (non-hydrogen) atoms. The molecular formula is C24H33NO6. The molecule has 7 atom stereocenters. The Morgan fingerprint density at radius 2 is 2.03 bits per heavy atom. The summed E-state index contributed by atoms with van der Waals surface area (Å²) in [7, 11) is 1.47. The van der Waals surface area contributed by atoms with Gasteiger partial charge < -0.3 is 24.4 Å². The van der Waals surface area contributed by atoms with Crippen molar-refractivity contribution in [1.29, 1.82) is 0 Å². The molecule has 7 nitrogen and oxygen atoms in total. The number of aliphatic hydroxyl groups is 2. The predicted molar refractivity (Wildman–Crippen MR) is 112 cm³/mol. The Morgan fingerprint density at radius 1 is 1.26 bits per heavy atom. The van der Waals surface area contributed by atoms with Crippen molar-refractivity contribution >= 4 is 5.97 Å². The van der Waals surface area contributed by atoms with E-state index in [0.29, 0.717) is 29.5 Å². The van der Waals surface area contributed by atoms with Crippen LogP contribution in [-0.4, -0.2) is 59.0 Å². The van der Waals surface area contributed by atoms with Crippen molar-refractivity contribution in [2.24, 2.45) is 17.8 Å². The third kappa shape index (κ3) is 3.08. The minimum atomic E-state index is -0.582. The Balaban J connectivity index is 1.54. The van der Waals surface area contributed by atoms with E-state index in [4.69, 9.17) is 14.2 Å². The summed E-state index contributed by atoms with van der Waals surface area (Å²) < 4.78 is 17.3. The van der Waals surface area contributed by atoms with Crippen molar-refractivity contribution in [3.8, 4) is 0 Å². The van der Waals surface area contributed by atoms with Gasteiger partial charge in [0.25, 0.3) is 0 Å². The van der Waals surface area contributed by atoms with E-state index in [1.54, 1.807) is 0 Å². The van der Waals surface area contributed by atoms with E-state index in [9.17, 15) is 15.0 Å². The molecule has 170 valence electrons. The Labute approximate surface area is 183 Å². The van der Waals surface area contributed by atoms with Crippen molar-refractivity contribution in [1.82, 2.24) is 4.90 Å². The number of hydrogen-bond donors (Lipinski definition) is 2. The lowest BCUT2D eigenvalue weighted by Gasteiger charge is -2.56. The lowest BCUT2D eigenvalue weighted by Crippen LogP contribution is -2.63. The standard InChI is InChI=1S/C24H33NO6/c1-4-17(27)20-13-5-7-14-8-10-18-19(16(9-6-13)25(14)20)12(2)21(30-18)23-22(29-3)15(11-26)24(28)31-23/h10,12-14,16-17,19-20,26-27H,4-9,11H2,1-3H3. The quantitative estimate of drug-likeness (QED) is 0.662. The number of ether oxygens (including phenoxy) is 3. The molecular weight excluding hydrogens is 398 g/mol. The number of rotatable bonds is 4. The Morgan fingerprint density at radius 3 is 2.74 bits per heavy atom. The molecule has 5 rings (SSSR count). The van der Waals surface area contributed by atoms with Crippen LogP contribution in [0.2, 0.25) is 0 Å². The summed E-state index contributed by atoms with van der Waals surface area (Å²) in [5, 5.41) is 20.5. The summed E-state index contributed by atoms with van der Waals surface area (Å²) in [6.07, 6.45) is 8.16. The van der Waals surface area contributed by atoms with E-state index in [1.165, 1.54) is 20.0 Å². The number of carbonyl (C=O) groups is 1. The average Bonchev–Trinajstić information content (AvgIpc) is 3.20. The second kappa shape index (κ2) is 7.94. The molecule has 0 spiro atoms. The van der Waals surface area contributed by atoms with Crippen LogP contribution in [-0.2, 0) is 19.0 Å². The zero-order valence-electron chi connectivity index (χ0n) is 18.5. The fourth-order valence-corrected chi connectivity index (χ4v) is 6.76. The number of nitrogens with zero attached hydrogens (tertiary/aromatic N) is 1. The van der Waals surface area contributed by atoms with E-state index >= 15 is 0 Å². The van der Waals surface area contributed by atoms with Crippen LogP contribution < -0.4 is 0 Å². The van der Waals surface area contributed by atoms with Gasteiger partial charge in [-0.1, -0.05) is 13.8 Å². The molecule has 5 aliphatic heterocycles. The number of cyclic esters (lactones) is 1. The number of piperidine rings is 2. The minimum Gasteiger partial charge on any atom is -0.492 e. The van der Waals surface area contributed by atoms with E-state index in [-0.39, 0.29) is 35.3 Å². The van der Waals surface area contributed by atoms with Crippen molar-refractivity contribution in [3.63, 3.8) is 0 Å². The third-order valence-corrected chi connectivity index (χ3v) is 8.17. The number of carbonyl (C=O) groups excluding carboxylic acids is 1. The first-order valence-corrected chi connectivity index (χ1v) is 11.7. The zero-order chi connectivity index (χ0) is 21.9. The normalized spacial score (nSPS) is 40.7. The van der Waals surface area contributed by atoms with Gasteiger partial charge in [-0.3, -0.25) is 4.90 Å². The van der Waals surface area contributed by atoms with Gasteiger partial charge >= 0.3 is 5.97 Å². The number of fused-ring (bicyclic) bond motifs is 3. The summed E-state index contributed by atoms with van der Waals surface area (Å²) >= 11 is 0. The molecule has 0 aromatic heterocycles. The molecule has 0 amide bonds. The van der Waals surface area contributed by atoms with Crippen LogP contribution in [0, 0.1) is 17.8 Å². The average molecular weight is 432 g/mol. The molecule has 5 heterocycles. The van der Waals surface area contributed by atoms with Gasteiger partial charge in [-0.15, -0.1) is 0 Å². The van der Waals surface area contributed by atoms with Gasteiger partial charge in [0.1, 0.15) is 11.3 Å². The van der Waals surface area contributed by atoms with Crippen molar-refractivity contribution in [3.05, 3.63) is 34.7 Å². The molecule has 7 unspecified atom stereocenters. The molecule has 0 aromatic carbocycles. The fraction of sp³-hybridized carbons (Fsp3) is 0.708. The van der Waals surface area contributed by atoms with Crippen LogP contribution >= 0.6 is 0 Å². The summed E-state index contributed by atoms with van der Waals surface area (Å²) in [6, 6.07) is 0.940. The second-order valence-electron chi connectivity index (χ2n) is 9.56. The molecule has 3 fully saturated rings. The van der Waals surface area contributed by atoms with Gasteiger partial charge in [-0.25, -0.2) is 4.79 Å². The maximum Gasteiger partial charge on any atom is 0.345 e. The minimum absolute atomic E-state index is 0.00103. The van der Waals surface area contributed by atoms with Crippen LogP contribution in [0.25, 0.3) is 0 Å².